The Hall–Kier alpha value is -1.99. The molecular formula is C18H31N5O6S2. The molecule has 1 heterocycles. The molecule has 1 aliphatic rings. The maximum absolute atomic E-state index is 12.7. The first-order valence-electron chi connectivity index (χ1n) is 9.95. The number of thioether (sulfide) groups is 1. The van der Waals surface area contributed by atoms with E-state index in [1.54, 1.807) is 0 Å². The summed E-state index contributed by atoms with van der Waals surface area (Å²) in [6.07, 6.45) is 3.25. The van der Waals surface area contributed by atoms with Crippen molar-refractivity contribution in [2.75, 3.05) is 24.3 Å². The zero-order chi connectivity index (χ0) is 23.4. The zero-order valence-corrected chi connectivity index (χ0v) is 19.1. The van der Waals surface area contributed by atoms with E-state index >= 15 is 0 Å². The number of hydrogen-bond acceptors (Lipinski definition) is 8. The smallest absolute Gasteiger partial charge is 0.326 e. The summed E-state index contributed by atoms with van der Waals surface area (Å²) in [7, 11) is 0. The van der Waals surface area contributed by atoms with Gasteiger partial charge in [0.2, 0.25) is 23.6 Å². The third kappa shape index (κ3) is 9.78. The molecule has 31 heavy (non-hydrogen) atoms. The minimum atomic E-state index is -1.32. The summed E-state index contributed by atoms with van der Waals surface area (Å²) in [4.78, 5) is 59.9. The van der Waals surface area contributed by atoms with Crippen LogP contribution < -0.4 is 27.0 Å². The first-order chi connectivity index (χ1) is 14.7. The molecule has 0 spiro atoms. The summed E-state index contributed by atoms with van der Waals surface area (Å²) in [5.74, 6) is -3.04. The van der Waals surface area contributed by atoms with Gasteiger partial charge in [0.25, 0.3) is 0 Å². The molecule has 1 saturated heterocycles. The quantitative estimate of drug-likeness (QED) is 0.144. The largest absolute Gasteiger partial charge is 0.480 e. The van der Waals surface area contributed by atoms with Crippen LogP contribution in [0.4, 0.5) is 0 Å². The third-order valence-corrected chi connectivity index (χ3v) is 5.74. The monoisotopic (exact) mass is 477 g/mol. The molecule has 4 atom stereocenters. The average Bonchev–Trinajstić information content (AvgIpc) is 3.26. The van der Waals surface area contributed by atoms with Gasteiger partial charge in [0.05, 0.1) is 6.04 Å². The molecule has 0 saturated carbocycles. The van der Waals surface area contributed by atoms with Crippen molar-refractivity contribution in [3.8, 4) is 0 Å². The minimum Gasteiger partial charge on any atom is -0.480 e. The predicted octanol–water partition coefficient (Wildman–Crippen LogP) is -1.77. The number of carbonyl (C=O) groups is 5. The van der Waals surface area contributed by atoms with Crippen molar-refractivity contribution < 1.29 is 29.1 Å². The number of carboxylic acid groups (broad SMARTS) is 1. The molecule has 4 unspecified atom stereocenters. The van der Waals surface area contributed by atoms with Crippen molar-refractivity contribution in [2.24, 2.45) is 5.73 Å². The predicted molar refractivity (Wildman–Crippen MR) is 120 cm³/mol. The molecule has 0 aromatic heterocycles. The lowest BCUT2D eigenvalue weighted by molar-refractivity contribution is -0.142. The van der Waals surface area contributed by atoms with E-state index in [4.69, 9.17) is 5.73 Å². The molecule has 0 aromatic rings. The summed E-state index contributed by atoms with van der Waals surface area (Å²) in [6.45, 7) is 0.729. The SMILES string of the molecule is CSCCC(NC(=O)C(CS)NC(=O)C1CCCN1)C(=O)NC(CCC(N)=O)C(=O)O. The molecular weight excluding hydrogens is 446 g/mol. The Balaban J connectivity index is 2.77. The van der Waals surface area contributed by atoms with Crippen LogP contribution in [-0.4, -0.2) is 83.2 Å². The minimum absolute atomic E-state index is 0.0253. The highest BCUT2D eigenvalue weighted by atomic mass is 32.2. The molecule has 0 aliphatic carbocycles. The van der Waals surface area contributed by atoms with Gasteiger partial charge in [-0.2, -0.15) is 24.4 Å². The van der Waals surface area contributed by atoms with Crippen LogP contribution in [0.2, 0.25) is 0 Å². The lowest BCUT2D eigenvalue weighted by Crippen LogP contribution is -2.57. The Morgan fingerprint density at radius 1 is 1.10 bits per heavy atom. The van der Waals surface area contributed by atoms with Gasteiger partial charge < -0.3 is 32.1 Å². The zero-order valence-electron chi connectivity index (χ0n) is 17.4. The van der Waals surface area contributed by atoms with Crippen LogP contribution in [-0.2, 0) is 24.0 Å². The molecule has 1 rings (SSSR count). The van der Waals surface area contributed by atoms with Crippen molar-refractivity contribution in [3.05, 3.63) is 0 Å². The lowest BCUT2D eigenvalue weighted by Gasteiger charge is -2.24. The fourth-order valence-electron chi connectivity index (χ4n) is 2.97. The van der Waals surface area contributed by atoms with Gasteiger partial charge in [0.1, 0.15) is 18.1 Å². The molecule has 0 aromatic carbocycles. The Labute approximate surface area is 190 Å². The second-order valence-electron chi connectivity index (χ2n) is 7.14. The molecule has 0 bridgehead atoms. The van der Waals surface area contributed by atoms with E-state index in [0.29, 0.717) is 12.2 Å². The summed E-state index contributed by atoms with van der Waals surface area (Å²) in [5.41, 5.74) is 5.05. The average molecular weight is 478 g/mol. The van der Waals surface area contributed by atoms with E-state index in [9.17, 15) is 29.1 Å². The van der Waals surface area contributed by atoms with Crippen LogP contribution in [0.1, 0.15) is 32.1 Å². The van der Waals surface area contributed by atoms with Crippen molar-refractivity contribution >= 4 is 54.0 Å². The van der Waals surface area contributed by atoms with E-state index in [0.717, 1.165) is 13.0 Å². The van der Waals surface area contributed by atoms with Gasteiger partial charge in [0.15, 0.2) is 0 Å². The van der Waals surface area contributed by atoms with Gasteiger partial charge in [-0.1, -0.05) is 0 Å². The first-order valence-corrected chi connectivity index (χ1v) is 12.0. The summed E-state index contributed by atoms with van der Waals surface area (Å²) >= 11 is 5.58. The normalized spacial score (nSPS) is 18.5. The topological polar surface area (TPSA) is 180 Å². The number of nitrogens with one attached hydrogen (secondary N) is 4. The Bertz CT molecular complexity index is 659. The van der Waals surface area contributed by atoms with Gasteiger partial charge in [-0.05, 0) is 44.2 Å². The van der Waals surface area contributed by atoms with Crippen LogP contribution >= 0.6 is 24.4 Å². The van der Waals surface area contributed by atoms with Gasteiger partial charge >= 0.3 is 5.97 Å². The standard InChI is InChI=1S/C18H31N5O6S2/c1-31-8-6-11(16(26)22-12(18(28)29)4-5-14(19)24)21-17(27)13(9-30)23-15(25)10-3-2-7-20-10/h10-13,20,30H,2-9H2,1H3,(H2,19,24)(H,21,27)(H,22,26)(H,23,25)(H,28,29). The van der Waals surface area contributed by atoms with Gasteiger partial charge in [-0.15, -0.1) is 0 Å². The summed E-state index contributed by atoms with van der Waals surface area (Å²) in [6, 6.07) is -3.65. The summed E-state index contributed by atoms with van der Waals surface area (Å²) in [5, 5.41) is 19.9. The van der Waals surface area contributed by atoms with E-state index in [-0.39, 0.29) is 37.0 Å². The van der Waals surface area contributed by atoms with E-state index in [1.807, 2.05) is 6.26 Å². The highest BCUT2D eigenvalue weighted by Crippen LogP contribution is 2.07. The summed E-state index contributed by atoms with van der Waals surface area (Å²) < 4.78 is 0. The van der Waals surface area contributed by atoms with Crippen LogP contribution in [0, 0.1) is 0 Å². The number of primary amides is 1. The number of carbonyl (C=O) groups excluding carboxylic acids is 4. The maximum Gasteiger partial charge on any atom is 0.326 e. The second kappa shape index (κ2) is 14.1. The maximum atomic E-state index is 12.7. The van der Waals surface area contributed by atoms with E-state index in [1.165, 1.54) is 11.8 Å². The van der Waals surface area contributed by atoms with E-state index < -0.39 is 41.8 Å². The number of aliphatic carboxylic acids is 1. The van der Waals surface area contributed by atoms with Crippen LogP contribution in [0.3, 0.4) is 0 Å². The molecule has 1 aliphatic heterocycles. The fourth-order valence-corrected chi connectivity index (χ4v) is 3.70. The van der Waals surface area contributed by atoms with Crippen molar-refractivity contribution in [1.29, 1.82) is 0 Å². The number of carboxylic acids is 1. The highest BCUT2D eigenvalue weighted by Gasteiger charge is 2.30. The molecule has 4 amide bonds. The van der Waals surface area contributed by atoms with Crippen LogP contribution in [0.5, 0.6) is 0 Å². The Morgan fingerprint density at radius 3 is 2.26 bits per heavy atom. The van der Waals surface area contributed by atoms with Gasteiger partial charge in [-0.25, -0.2) is 4.79 Å². The van der Waals surface area contributed by atoms with Gasteiger partial charge in [0, 0.05) is 12.2 Å². The molecule has 176 valence electrons. The molecule has 13 heteroatoms. The lowest BCUT2D eigenvalue weighted by atomic mass is 10.1. The second-order valence-corrected chi connectivity index (χ2v) is 8.49. The third-order valence-electron chi connectivity index (χ3n) is 4.73. The molecule has 0 radical (unpaired) electrons. The molecule has 11 nitrogen and oxygen atoms in total. The molecule has 1 fully saturated rings. The highest BCUT2D eigenvalue weighted by molar-refractivity contribution is 7.98. The number of thiol groups is 1. The van der Waals surface area contributed by atoms with Crippen molar-refractivity contribution in [2.45, 2.75) is 56.3 Å². The fraction of sp³-hybridized carbons (Fsp3) is 0.722. The van der Waals surface area contributed by atoms with Gasteiger partial charge in [-0.3, -0.25) is 19.2 Å². The van der Waals surface area contributed by atoms with Crippen LogP contribution in [0.15, 0.2) is 0 Å². The van der Waals surface area contributed by atoms with Crippen LogP contribution in [0.25, 0.3) is 0 Å². The Morgan fingerprint density at radius 2 is 1.74 bits per heavy atom. The number of hydrogen-bond donors (Lipinski definition) is 7. The van der Waals surface area contributed by atoms with E-state index in [2.05, 4.69) is 33.9 Å². The molecule has 7 N–H and O–H groups in total. The van der Waals surface area contributed by atoms with Crippen molar-refractivity contribution in [3.63, 3.8) is 0 Å². The number of rotatable bonds is 14. The number of nitrogens with two attached hydrogens (primary N) is 1. The Kier molecular flexibility index (Phi) is 12.3. The first kappa shape index (κ1) is 27.0. The number of amides is 4. The van der Waals surface area contributed by atoms with Crippen molar-refractivity contribution in [1.82, 2.24) is 21.3 Å².